The van der Waals surface area contributed by atoms with Gasteiger partial charge in [-0.1, -0.05) is 11.8 Å². The van der Waals surface area contributed by atoms with E-state index in [0.29, 0.717) is 67.2 Å². The maximum absolute atomic E-state index is 16.4. The number of alkyl halides is 1. The van der Waals surface area contributed by atoms with Crippen molar-refractivity contribution in [1.29, 1.82) is 0 Å². The summed E-state index contributed by atoms with van der Waals surface area (Å²) < 4.78 is 68.2. The standard InChI is InChI=1S/C33H35F4N3O4/c1-43-24-4-5-30-26(19-24)31(22(20-38-30)21-40-13-15-44-16-14-40)27(35)6-7-33(32(41)42)8-11-39(12-9-33)10-2-3-25-28(36)17-23(34)18-29(25)37/h4-5,17-20,27H,6-16,21H2,1H3,(H,41,42). The average Bonchev–Trinajstić information content (AvgIpc) is 3.01. The molecule has 44 heavy (non-hydrogen) atoms. The third-order valence-electron chi connectivity index (χ3n) is 8.68. The van der Waals surface area contributed by atoms with E-state index >= 15 is 4.39 Å². The fraction of sp³-hybridized carbons (Fsp3) is 0.455. The van der Waals surface area contributed by atoms with Crippen LogP contribution in [-0.2, 0) is 16.1 Å². The number of ether oxygens (including phenoxy) is 2. The zero-order valence-electron chi connectivity index (χ0n) is 24.6. The van der Waals surface area contributed by atoms with Gasteiger partial charge in [-0.3, -0.25) is 19.6 Å². The largest absolute Gasteiger partial charge is 0.497 e. The van der Waals surface area contributed by atoms with E-state index in [1.807, 2.05) is 4.90 Å². The van der Waals surface area contributed by atoms with Gasteiger partial charge in [0.25, 0.3) is 0 Å². The zero-order chi connectivity index (χ0) is 31.3. The highest BCUT2D eigenvalue weighted by atomic mass is 19.1. The number of methoxy groups -OCH3 is 1. The Labute approximate surface area is 253 Å². The highest BCUT2D eigenvalue weighted by molar-refractivity contribution is 5.85. The molecule has 5 rings (SSSR count). The molecule has 3 aromatic rings. The predicted molar refractivity (Wildman–Crippen MR) is 156 cm³/mol. The number of morpholine rings is 1. The number of aromatic nitrogens is 1. The van der Waals surface area contributed by atoms with Crippen LogP contribution in [0.25, 0.3) is 10.9 Å². The summed E-state index contributed by atoms with van der Waals surface area (Å²) in [6.45, 7) is 4.08. The van der Waals surface area contributed by atoms with Crippen LogP contribution in [0.5, 0.6) is 5.75 Å². The van der Waals surface area contributed by atoms with Crippen LogP contribution in [0.2, 0.25) is 0 Å². The summed E-state index contributed by atoms with van der Waals surface area (Å²) in [7, 11) is 1.55. The smallest absolute Gasteiger partial charge is 0.309 e. The van der Waals surface area contributed by atoms with Gasteiger partial charge >= 0.3 is 5.97 Å². The summed E-state index contributed by atoms with van der Waals surface area (Å²) in [4.78, 5) is 21.2. The summed E-state index contributed by atoms with van der Waals surface area (Å²) in [6.07, 6.45) is 0.997. The second kappa shape index (κ2) is 13.9. The molecule has 0 radical (unpaired) electrons. The fourth-order valence-corrected chi connectivity index (χ4v) is 6.02. The van der Waals surface area contributed by atoms with Gasteiger partial charge in [0.15, 0.2) is 0 Å². The van der Waals surface area contributed by atoms with Gasteiger partial charge in [0, 0.05) is 62.0 Å². The van der Waals surface area contributed by atoms with Gasteiger partial charge in [0.05, 0.1) is 43.4 Å². The fourth-order valence-electron chi connectivity index (χ4n) is 6.02. The highest BCUT2D eigenvalue weighted by Crippen LogP contribution is 2.41. The number of piperidine rings is 1. The van der Waals surface area contributed by atoms with Crippen LogP contribution in [0.4, 0.5) is 17.6 Å². The van der Waals surface area contributed by atoms with E-state index in [9.17, 15) is 23.1 Å². The maximum Gasteiger partial charge on any atom is 0.309 e. The van der Waals surface area contributed by atoms with Crippen LogP contribution in [0, 0.1) is 34.7 Å². The number of carbonyl (C=O) groups is 1. The Bertz CT molecular complexity index is 1540. The number of fused-ring (bicyclic) bond motifs is 1. The van der Waals surface area contributed by atoms with E-state index in [2.05, 4.69) is 21.7 Å². The first kappa shape index (κ1) is 31.7. The zero-order valence-corrected chi connectivity index (χ0v) is 24.6. The number of hydrogen-bond donors (Lipinski definition) is 1. The molecule has 11 heteroatoms. The molecular formula is C33H35F4N3O4. The Kier molecular flexibility index (Phi) is 10.0. The lowest BCUT2D eigenvalue weighted by atomic mass is 9.74. The van der Waals surface area contributed by atoms with E-state index in [-0.39, 0.29) is 32.2 Å². The second-order valence-electron chi connectivity index (χ2n) is 11.4. The molecule has 2 aliphatic heterocycles. The van der Waals surface area contributed by atoms with Crippen LogP contribution in [0.3, 0.4) is 0 Å². The third-order valence-corrected chi connectivity index (χ3v) is 8.68. The van der Waals surface area contributed by atoms with E-state index in [1.54, 1.807) is 31.5 Å². The Hall–Kier alpha value is -3.72. The number of pyridine rings is 1. The maximum atomic E-state index is 16.4. The Morgan fingerprint density at radius 1 is 1.09 bits per heavy atom. The molecule has 234 valence electrons. The lowest BCUT2D eigenvalue weighted by molar-refractivity contribution is -0.152. The molecule has 2 saturated heterocycles. The minimum Gasteiger partial charge on any atom is -0.497 e. The Balaban J connectivity index is 1.29. The van der Waals surface area contributed by atoms with Crippen molar-refractivity contribution in [3.63, 3.8) is 0 Å². The van der Waals surface area contributed by atoms with Crippen molar-refractivity contribution < 1.29 is 36.9 Å². The molecule has 0 saturated carbocycles. The molecule has 3 heterocycles. The Morgan fingerprint density at radius 2 is 1.80 bits per heavy atom. The molecular weight excluding hydrogens is 578 g/mol. The van der Waals surface area contributed by atoms with Crippen LogP contribution < -0.4 is 4.74 Å². The molecule has 2 aliphatic rings. The van der Waals surface area contributed by atoms with Crippen molar-refractivity contribution in [2.24, 2.45) is 5.41 Å². The summed E-state index contributed by atoms with van der Waals surface area (Å²) in [6, 6.07) is 6.49. The quantitative estimate of drug-likeness (QED) is 0.252. The van der Waals surface area contributed by atoms with Crippen molar-refractivity contribution >= 4 is 16.9 Å². The van der Waals surface area contributed by atoms with E-state index < -0.39 is 40.6 Å². The predicted octanol–water partition coefficient (Wildman–Crippen LogP) is 5.50. The molecule has 0 spiro atoms. The van der Waals surface area contributed by atoms with Gasteiger partial charge in [0.2, 0.25) is 0 Å². The third kappa shape index (κ3) is 7.15. The van der Waals surface area contributed by atoms with Crippen molar-refractivity contribution in [1.82, 2.24) is 14.8 Å². The first-order valence-corrected chi connectivity index (χ1v) is 14.7. The van der Waals surface area contributed by atoms with Crippen LogP contribution in [-0.4, -0.2) is 78.9 Å². The number of carboxylic acid groups (broad SMARTS) is 1. The lowest BCUT2D eigenvalue weighted by Gasteiger charge is -2.38. The van der Waals surface area contributed by atoms with Crippen LogP contribution in [0.1, 0.15) is 48.5 Å². The first-order chi connectivity index (χ1) is 21.2. The van der Waals surface area contributed by atoms with Gasteiger partial charge in [0.1, 0.15) is 29.4 Å². The molecule has 2 fully saturated rings. The summed E-state index contributed by atoms with van der Waals surface area (Å²) in [5.41, 5.74) is 0.276. The van der Waals surface area contributed by atoms with Gasteiger partial charge in [-0.25, -0.2) is 17.6 Å². The number of halogens is 4. The van der Waals surface area contributed by atoms with E-state index in [4.69, 9.17) is 9.47 Å². The second-order valence-corrected chi connectivity index (χ2v) is 11.4. The van der Waals surface area contributed by atoms with Crippen LogP contribution in [0.15, 0.2) is 36.5 Å². The van der Waals surface area contributed by atoms with E-state index in [0.717, 1.165) is 18.7 Å². The highest BCUT2D eigenvalue weighted by Gasteiger charge is 2.42. The SMILES string of the molecule is COc1ccc2ncc(CN3CCOCC3)c(C(F)CCC3(C(=O)O)CCN(CC#Cc4c(F)cc(F)cc4F)CC3)c2c1. The van der Waals surface area contributed by atoms with Crippen LogP contribution >= 0.6 is 0 Å². The van der Waals surface area contributed by atoms with Gasteiger partial charge < -0.3 is 14.6 Å². The molecule has 1 atom stereocenters. The molecule has 0 bridgehead atoms. The van der Waals surface area contributed by atoms with Crippen molar-refractivity contribution in [3.8, 4) is 17.6 Å². The number of aliphatic carboxylic acids is 1. The number of nitrogens with zero attached hydrogens (tertiary/aromatic N) is 3. The minimum absolute atomic E-state index is 0.0155. The van der Waals surface area contributed by atoms with Crippen molar-refractivity contribution in [2.45, 2.75) is 38.4 Å². The number of rotatable bonds is 9. The molecule has 1 unspecified atom stereocenters. The Morgan fingerprint density at radius 3 is 2.45 bits per heavy atom. The normalized spacial score (nSPS) is 18.0. The average molecular weight is 614 g/mol. The number of likely N-dealkylation sites (tertiary alicyclic amines) is 1. The molecule has 0 aliphatic carbocycles. The monoisotopic (exact) mass is 613 g/mol. The summed E-state index contributed by atoms with van der Waals surface area (Å²) in [5.74, 6) is 1.56. The topological polar surface area (TPSA) is 75.1 Å². The minimum atomic E-state index is -1.43. The van der Waals surface area contributed by atoms with Gasteiger partial charge in [-0.2, -0.15) is 0 Å². The number of carboxylic acids is 1. The molecule has 1 N–H and O–H groups in total. The number of hydrogen-bond acceptors (Lipinski definition) is 6. The van der Waals surface area contributed by atoms with Gasteiger partial charge in [-0.05, 0) is 49.4 Å². The molecule has 0 amide bonds. The van der Waals surface area contributed by atoms with E-state index in [1.165, 1.54) is 0 Å². The molecule has 1 aromatic heterocycles. The molecule has 2 aromatic carbocycles. The van der Waals surface area contributed by atoms with Crippen molar-refractivity contribution in [2.75, 3.05) is 53.0 Å². The number of benzene rings is 2. The van der Waals surface area contributed by atoms with Crippen molar-refractivity contribution in [3.05, 3.63) is 70.7 Å². The first-order valence-electron chi connectivity index (χ1n) is 14.7. The molecule has 7 nitrogen and oxygen atoms in total. The summed E-state index contributed by atoms with van der Waals surface area (Å²) in [5, 5.41) is 10.9. The van der Waals surface area contributed by atoms with Gasteiger partial charge in [-0.15, -0.1) is 0 Å². The lowest BCUT2D eigenvalue weighted by Crippen LogP contribution is -2.44. The summed E-state index contributed by atoms with van der Waals surface area (Å²) >= 11 is 0.